The monoisotopic (exact) mass is 339 g/mol. The Bertz CT molecular complexity index is 787. The van der Waals surface area contributed by atoms with Crippen LogP contribution in [0.25, 0.3) is 5.57 Å². The summed E-state index contributed by atoms with van der Waals surface area (Å²) < 4.78 is 13.4. The van der Waals surface area contributed by atoms with Crippen molar-refractivity contribution in [1.29, 1.82) is 0 Å². The minimum absolute atomic E-state index is 0.331. The van der Waals surface area contributed by atoms with Crippen LogP contribution in [-0.2, 0) is 6.54 Å². The molecule has 0 unspecified atom stereocenters. The molecule has 0 aromatic heterocycles. The fourth-order valence-corrected chi connectivity index (χ4v) is 2.95. The molecule has 0 aliphatic carbocycles. The molecule has 130 valence electrons. The zero-order valence-electron chi connectivity index (χ0n) is 14.2. The molecule has 0 amide bonds. The van der Waals surface area contributed by atoms with Crippen LogP contribution < -0.4 is 5.32 Å². The summed E-state index contributed by atoms with van der Waals surface area (Å²) >= 11 is 0. The van der Waals surface area contributed by atoms with Crippen molar-refractivity contribution in [2.75, 3.05) is 20.1 Å². The Morgan fingerprint density at radius 1 is 1.24 bits per heavy atom. The predicted molar refractivity (Wildman–Crippen MR) is 98.9 cm³/mol. The summed E-state index contributed by atoms with van der Waals surface area (Å²) in [6, 6.07) is 14.8. The van der Waals surface area contributed by atoms with E-state index in [1.54, 1.807) is 13.1 Å². The van der Waals surface area contributed by atoms with Crippen molar-refractivity contribution in [3.8, 4) is 5.75 Å². The number of rotatable bonds is 3. The summed E-state index contributed by atoms with van der Waals surface area (Å²) in [4.78, 5) is 6.49. The Labute approximate surface area is 147 Å². The number of phenols is 1. The molecule has 0 atom stereocenters. The molecule has 2 aromatic carbocycles. The fourth-order valence-electron chi connectivity index (χ4n) is 2.95. The van der Waals surface area contributed by atoms with Crippen LogP contribution in [-0.4, -0.2) is 36.1 Å². The highest BCUT2D eigenvalue weighted by atomic mass is 19.1. The molecule has 0 spiro atoms. The zero-order valence-corrected chi connectivity index (χ0v) is 14.2. The molecule has 0 saturated heterocycles. The Hall–Kier alpha value is -2.82. The van der Waals surface area contributed by atoms with Crippen molar-refractivity contribution >= 4 is 11.5 Å². The van der Waals surface area contributed by atoms with Crippen LogP contribution in [0.15, 0.2) is 59.6 Å². The minimum atomic E-state index is -0.609. The molecule has 0 saturated carbocycles. The first-order valence-corrected chi connectivity index (χ1v) is 8.35. The lowest BCUT2D eigenvalue weighted by molar-refractivity contribution is 0.430. The Morgan fingerprint density at radius 3 is 2.68 bits per heavy atom. The van der Waals surface area contributed by atoms with E-state index in [0.29, 0.717) is 6.54 Å². The summed E-state index contributed by atoms with van der Waals surface area (Å²) in [5.74, 6) is -0.151. The number of phenolic OH excluding ortho intramolecular Hbond substituents is 1. The molecule has 1 heterocycles. The van der Waals surface area contributed by atoms with Gasteiger partial charge < -0.3 is 15.3 Å². The van der Waals surface area contributed by atoms with E-state index in [4.69, 9.17) is 0 Å². The Balaban J connectivity index is 1.61. The molecule has 4 nitrogen and oxygen atoms in total. The third-order valence-electron chi connectivity index (χ3n) is 4.33. The Morgan fingerprint density at radius 2 is 2.04 bits per heavy atom. The van der Waals surface area contributed by atoms with Crippen molar-refractivity contribution in [2.24, 2.45) is 4.99 Å². The summed E-state index contributed by atoms with van der Waals surface area (Å²) in [6.07, 6.45) is 3.18. The molecule has 3 rings (SSSR count). The molecular formula is C20H22FN3O. The number of hydrogen-bond donors (Lipinski definition) is 2. The standard InChI is InChI=1S/C20H22FN3O/c1-22-20(23-14-15-7-8-19(25)18(21)13-15)24-11-9-17(10-12-24)16-5-3-2-4-6-16/h2-9,13,25H,10-12,14H2,1H3,(H,22,23). The van der Waals surface area contributed by atoms with E-state index in [1.165, 1.54) is 23.3 Å². The number of nitrogens with zero attached hydrogens (tertiary/aromatic N) is 2. The maximum atomic E-state index is 13.4. The molecule has 0 fully saturated rings. The van der Waals surface area contributed by atoms with E-state index in [2.05, 4.69) is 45.6 Å². The number of halogens is 1. The van der Waals surface area contributed by atoms with Crippen LogP contribution in [0.5, 0.6) is 5.75 Å². The van der Waals surface area contributed by atoms with Gasteiger partial charge in [0.15, 0.2) is 17.5 Å². The lowest BCUT2D eigenvalue weighted by atomic mass is 10.00. The summed E-state index contributed by atoms with van der Waals surface area (Å²) in [5, 5.41) is 12.5. The van der Waals surface area contributed by atoms with Gasteiger partial charge in [0.05, 0.1) is 0 Å². The second-order valence-corrected chi connectivity index (χ2v) is 5.98. The van der Waals surface area contributed by atoms with Crippen LogP contribution >= 0.6 is 0 Å². The normalized spacial score (nSPS) is 15.0. The van der Waals surface area contributed by atoms with E-state index in [-0.39, 0.29) is 5.75 Å². The van der Waals surface area contributed by atoms with Crippen LogP contribution in [0.1, 0.15) is 17.5 Å². The SMILES string of the molecule is CN=C(NCc1ccc(O)c(F)c1)N1CC=C(c2ccccc2)CC1. The summed E-state index contributed by atoms with van der Waals surface area (Å²) in [5.41, 5.74) is 3.38. The number of aliphatic imine (C=N–C) groups is 1. The van der Waals surface area contributed by atoms with E-state index in [0.717, 1.165) is 31.0 Å². The molecule has 0 radical (unpaired) electrons. The number of nitrogens with one attached hydrogen (secondary N) is 1. The third-order valence-corrected chi connectivity index (χ3v) is 4.33. The second kappa shape index (κ2) is 7.83. The quantitative estimate of drug-likeness (QED) is 0.666. The number of aromatic hydroxyl groups is 1. The first-order chi connectivity index (χ1) is 12.2. The molecule has 1 aliphatic heterocycles. The molecule has 25 heavy (non-hydrogen) atoms. The molecule has 1 aliphatic rings. The van der Waals surface area contributed by atoms with Crippen molar-refractivity contribution in [3.05, 3.63) is 71.6 Å². The van der Waals surface area contributed by atoms with E-state index >= 15 is 0 Å². The molecule has 2 N–H and O–H groups in total. The van der Waals surface area contributed by atoms with Gasteiger partial charge in [-0.25, -0.2) is 4.39 Å². The number of hydrogen-bond acceptors (Lipinski definition) is 2. The van der Waals surface area contributed by atoms with Crippen LogP contribution in [0, 0.1) is 5.82 Å². The summed E-state index contributed by atoms with van der Waals surface area (Å²) in [6.45, 7) is 2.12. The smallest absolute Gasteiger partial charge is 0.194 e. The maximum absolute atomic E-state index is 13.4. The van der Waals surface area contributed by atoms with Crippen molar-refractivity contribution in [3.63, 3.8) is 0 Å². The fraction of sp³-hybridized carbons (Fsp3) is 0.250. The van der Waals surface area contributed by atoms with Gasteiger partial charge in [-0.2, -0.15) is 0 Å². The average Bonchev–Trinajstić information content (AvgIpc) is 2.66. The van der Waals surface area contributed by atoms with Gasteiger partial charge in [-0.1, -0.05) is 42.5 Å². The van der Waals surface area contributed by atoms with Crippen LogP contribution in [0.2, 0.25) is 0 Å². The Kier molecular flexibility index (Phi) is 5.33. The van der Waals surface area contributed by atoms with E-state index < -0.39 is 5.82 Å². The van der Waals surface area contributed by atoms with E-state index in [1.807, 2.05) is 6.07 Å². The van der Waals surface area contributed by atoms with Gasteiger partial charge in [0.1, 0.15) is 0 Å². The van der Waals surface area contributed by atoms with Gasteiger partial charge in [0.25, 0.3) is 0 Å². The average molecular weight is 339 g/mol. The van der Waals surface area contributed by atoms with Gasteiger partial charge in [0.2, 0.25) is 0 Å². The third kappa shape index (κ3) is 4.18. The van der Waals surface area contributed by atoms with Gasteiger partial charge in [0, 0.05) is 26.7 Å². The highest BCUT2D eigenvalue weighted by Gasteiger charge is 2.16. The second-order valence-electron chi connectivity index (χ2n) is 5.98. The lowest BCUT2D eigenvalue weighted by Gasteiger charge is -2.29. The molecule has 0 bridgehead atoms. The maximum Gasteiger partial charge on any atom is 0.194 e. The first kappa shape index (κ1) is 17.0. The lowest BCUT2D eigenvalue weighted by Crippen LogP contribution is -2.43. The van der Waals surface area contributed by atoms with Crippen molar-refractivity contribution < 1.29 is 9.50 Å². The topological polar surface area (TPSA) is 47.9 Å². The van der Waals surface area contributed by atoms with E-state index in [9.17, 15) is 9.50 Å². The van der Waals surface area contributed by atoms with Gasteiger partial charge >= 0.3 is 0 Å². The predicted octanol–water partition coefficient (Wildman–Crippen LogP) is 3.40. The van der Waals surface area contributed by atoms with Gasteiger partial charge in [-0.05, 0) is 35.3 Å². The number of benzene rings is 2. The number of guanidine groups is 1. The first-order valence-electron chi connectivity index (χ1n) is 8.35. The highest BCUT2D eigenvalue weighted by molar-refractivity contribution is 5.81. The minimum Gasteiger partial charge on any atom is -0.505 e. The molecule has 5 heteroatoms. The molecule has 2 aromatic rings. The van der Waals surface area contributed by atoms with Crippen LogP contribution in [0.4, 0.5) is 4.39 Å². The zero-order chi connectivity index (χ0) is 17.6. The van der Waals surface area contributed by atoms with Crippen molar-refractivity contribution in [2.45, 2.75) is 13.0 Å². The summed E-state index contributed by atoms with van der Waals surface area (Å²) in [7, 11) is 1.75. The van der Waals surface area contributed by atoms with Gasteiger partial charge in [-0.15, -0.1) is 0 Å². The van der Waals surface area contributed by atoms with Crippen molar-refractivity contribution in [1.82, 2.24) is 10.2 Å². The van der Waals surface area contributed by atoms with Crippen LogP contribution in [0.3, 0.4) is 0 Å². The largest absolute Gasteiger partial charge is 0.505 e. The molecular weight excluding hydrogens is 317 g/mol. The van der Waals surface area contributed by atoms with Gasteiger partial charge in [-0.3, -0.25) is 4.99 Å². The highest BCUT2D eigenvalue weighted by Crippen LogP contribution is 2.22.